The third kappa shape index (κ3) is 2.10. The lowest BCUT2D eigenvalue weighted by molar-refractivity contribution is -0.107. The van der Waals surface area contributed by atoms with Gasteiger partial charge in [0.2, 0.25) is 0 Å². The van der Waals surface area contributed by atoms with E-state index >= 15 is 0 Å². The van der Waals surface area contributed by atoms with Crippen LogP contribution in [-0.2, 0) is 4.79 Å². The molecule has 1 aromatic rings. The smallest absolute Gasteiger partial charge is 0.120 e. The molecule has 0 saturated carbocycles. The summed E-state index contributed by atoms with van der Waals surface area (Å²) in [6.07, 6.45) is 2.58. The molecular weight excluding hydrogens is 194 g/mol. The van der Waals surface area contributed by atoms with Crippen molar-refractivity contribution < 1.29 is 4.79 Å². The average molecular weight is 207 g/mol. The molecule has 1 aromatic carbocycles. The largest absolute Gasteiger partial charge is 0.381 e. The van der Waals surface area contributed by atoms with Crippen molar-refractivity contribution >= 4 is 23.7 Å². The third-order valence-corrected chi connectivity index (χ3v) is 3.56. The summed E-state index contributed by atoms with van der Waals surface area (Å²) in [5, 5.41) is 3.45. The van der Waals surface area contributed by atoms with Gasteiger partial charge in [0.1, 0.15) is 6.29 Å². The quantitative estimate of drug-likeness (QED) is 0.772. The van der Waals surface area contributed by atoms with Crippen molar-refractivity contribution in [2.75, 3.05) is 11.1 Å². The summed E-state index contributed by atoms with van der Waals surface area (Å²) in [4.78, 5) is 11.6. The van der Waals surface area contributed by atoms with Crippen LogP contribution in [0, 0.1) is 0 Å². The van der Waals surface area contributed by atoms with E-state index in [4.69, 9.17) is 0 Å². The first kappa shape index (κ1) is 9.59. The molecule has 1 aliphatic heterocycles. The van der Waals surface area contributed by atoms with Gasteiger partial charge in [-0.2, -0.15) is 0 Å². The Kier molecular flexibility index (Phi) is 3.09. The van der Waals surface area contributed by atoms with Gasteiger partial charge in [0, 0.05) is 28.8 Å². The Morgan fingerprint density at radius 3 is 3.21 bits per heavy atom. The zero-order valence-electron chi connectivity index (χ0n) is 7.90. The summed E-state index contributed by atoms with van der Waals surface area (Å²) in [6, 6.07) is 8.76. The number of thioether (sulfide) groups is 1. The molecule has 1 N–H and O–H groups in total. The Balaban J connectivity index is 2.02. The highest BCUT2D eigenvalue weighted by atomic mass is 32.2. The number of benzene rings is 1. The maximum Gasteiger partial charge on any atom is 0.120 e. The van der Waals surface area contributed by atoms with Crippen LogP contribution in [0.2, 0.25) is 0 Å². The van der Waals surface area contributed by atoms with Crippen molar-refractivity contribution in [1.29, 1.82) is 0 Å². The summed E-state index contributed by atoms with van der Waals surface area (Å²) >= 11 is 1.87. The summed E-state index contributed by atoms with van der Waals surface area (Å²) in [7, 11) is 0. The zero-order chi connectivity index (χ0) is 9.80. The van der Waals surface area contributed by atoms with Gasteiger partial charge in [0.15, 0.2) is 0 Å². The number of hydrogen-bond acceptors (Lipinski definition) is 3. The monoisotopic (exact) mass is 207 g/mol. The van der Waals surface area contributed by atoms with Crippen LogP contribution in [0.1, 0.15) is 12.8 Å². The van der Waals surface area contributed by atoms with Crippen LogP contribution in [0.5, 0.6) is 0 Å². The van der Waals surface area contributed by atoms with Gasteiger partial charge in [-0.25, -0.2) is 0 Å². The zero-order valence-corrected chi connectivity index (χ0v) is 8.72. The molecule has 0 aromatic heterocycles. The first-order valence-electron chi connectivity index (χ1n) is 4.82. The van der Waals surface area contributed by atoms with Gasteiger partial charge in [-0.05, 0) is 18.6 Å². The molecule has 1 heterocycles. The van der Waals surface area contributed by atoms with E-state index in [-0.39, 0.29) is 0 Å². The summed E-state index contributed by atoms with van der Waals surface area (Å²) in [5.41, 5.74) is 1.21. The van der Waals surface area contributed by atoms with E-state index < -0.39 is 0 Å². The Morgan fingerprint density at radius 1 is 1.50 bits per heavy atom. The molecule has 0 unspecified atom stereocenters. The molecule has 0 saturated heterocycles. The molecule has 1 aliphatic rings. The second-order valence-corrected chi connectivity index (χ2v) is 4.45. The van der Waals surface area contributed by atoms with Crippen LogP contribution < -0.4 is 5.32 Å². The van der Waals surface area contributed by atoms with Crippen molar-refractivity contribution in [2.24, 2.45) is 0 Å². The second-order valence-electron chi connectivity index (χ2n) is 3.39. The van der Waals surface area contributed by atoms with Crippen molar-refractivity contribution in [3.05, 3.63) is 24.3 Å². The van der Waals surface area contributed by atoms with Crippen LogP contribution >= 0.6 is 11.8 Å². The van der Waals surface area contributed by atoms with Gasteiger partial charge < -0.3 is 10.1 Å². The lowest BCUT2D eigenvalue weighted by Gasteiger charge is -2.25. The third-order valence-electron chi connectivity index (χ3n) is 2.32. The fourth-order valence-electron chi connectivity index (χ4n) is 1.59. The highest BCUT2D eigenvalue weighted by Crippen LogP contribution is 2.33. The fourth-order valence-corrected chi connectivity index (χ4v) is 2.68. The summed E-state index contributed by atoms with van der Waals surface area (Å²) in [5.74, 6) is 1.06. The number of aldehydes is 1. The molecule has 0 aliphatic carbocycles. The van der Waals surface area contributed by atoms with E-state index in [1.165, 1.54) is 10.6 Å². The van der Waals surface area contributed by atoms with Gasteiger partial charge in [-0.15, -0.1) is 11.8 Å². The van der Waals surface area contributed by atoms with Gasteiger partial charge in [0.05, 0.1) is 0 Å². The number of carbonyl (C=O) groups is 1. The van der Waals surface area contributed by atoms with Crippen LogP contribution in [-0.4, -0.2) is 18.1 Å². The number of rotatable bonds is 3. The van der Waals surface area contributed by atoms with Crippen LogP contribution in [0.4, 0.5) is 5.69 Å². The number of anilines is 1. The predicted octanol–water partition coefficient (Wildman–Crippen LogP) is 2.55. The lowest BCUT2D eigenvalue weighted by atomic mass is 10.1. The normalized spacial score (nSPS) is 19.6. The molecule has 1 atom stereocenters. The van der Waals surface area contributed by atoms with Gasteiger partial charge in [0.25, 0.3) is 0 Å². The Morgan fingerprint density at radius 2 is 2.36 bits per heavy atom. The van der Waals surface area contributed by atoms with E-state index in [1.54, 1.807) is 0 Å². The standard InChI is InChI=1S/C11H13NOS/c13-7-3-4-9-8-14-11-6-2-1-5-10(11)12-9/h1-2,5-7,9,12H,3-4,8H2/t9-/m1/s1. The molecule has 0 fully saturated rings. The highest BCUT2D eigenvalue weighted by Gasteiger charge is 2.16. The van der Waals surface area contributed by atoms with Crippen molar-refractivity contribution in [1.82, 2.24) is 0 Å². The maximum absolute atomic E-state index is 10.3. The summed E-state index contributed by atoms with van der Waals surface area (Å²) < 4.78 is 0. The molecule has 0 bridgehead atoms. The van der Waals surface area contributed by atoms with E-state index in [2.05, 4.69) is 23.5 Å². The highest BCUT2D eigenvalue weighted by molar-refractivity contribution is 7.99. The van der Waals surface area contributed by atoms with Crippen molar-refractivity contribution in [3.8, 4) is 0 Å². The molecule has 0 radical (unpaired) electrons. The molecule has 3 heteroatoms. The van der Waals surface area contributed by atoms with Crippen molar-refractivity contribution in [2.45, 2.75) is 23.8 Å². The van der Waals surface area contributed by atoms with E-state index in [0.29, 0.717) is 12.5 Å². The van der Waals surface area contributed by atoms with Crippen molar-refractivity contribution in [3.63, 3.8) is 0 Å². The maximum atomic E-state index is 10.3. The van der Waals surface area contributed by atoms with E-state index in [0.717, 1.165) is 18.5 Å². The number of carbonyl (C=O) groups excluding carboxylic acids is 1. The van der Waals surface area contributed by atoms with Crippen LogP contribution in [0.15, 0.2) is 29.2 Å². The van der Waals surface area contributed by atoms with Crippen LogP contribution in [0.3, 0.4) is 0 Å². The van der Waals surface area contributed by atoms with Gasteiger partial charge >= 0.3 is 0 Å². The number of nitrogens with one attached hydrogen (secondary N) is 1. The lowest BCUT2D eigenvalue weighted by Crippen LogP contribution is -2.25. The summed E-state index contributed by atoms with van der Waals surface area (Å²) in [6.45, 7) is 0. The SMILES string of the molecule is O=CCC[C@@H]1CSc2ccccc2N1. The second kappa shape index (κ2) is 4.51. The molecule has 74 valence electrons. The molecule has 0 amide bonds. The topological polar surface area (TPSA) is 29.1 Å². The minimum Gasteiger partial charge on any atom is -0.381 e. The molecular formula is C11H13NOS. The van der Waals surface area contributed by atoms with E-state index in [1.807, 2.05) is 17.8 Å². The first-order chi connectivity index (χ1) is 6.90. The number of hydrogen-bond donors (Lipinski definition) is 1. The molecule has 2 rings (SSSR count). The Bertz CT molecular complexity index is 327. The average Bonchev–Trinajstić information content (AvgIpc) is 2.26. The molecule has 14 heavy (non-hydrogen) atoms. The minimum atomic E-state index is 0.445. The van der Waals surface area contributed by atoms with Gasteiger partial charge in [-0.3, -0.25) is 0 Å². The minimum absolute atomic E-state index is 0.445. The predicted molar refractivity (Wildman–Crippen MR) is 59.9 cm³/mol. The van der Waals surface area contributed by atoms with Crippen LogP contribution in [0.25, 0.3) is 0 Å². The Labute approximate surface area is 88.1 Å². The van der Waals surface area contributed by atoms with E-state index in [9.17, 15) is 4.79 Å². The molecule has 0 spiro atoms. The number of fused-ring (bicyclic) bond motifs is 1. The molecule has 2 nitrogen and oxygen atoms in total. The Hall–Kier alpha value is -0.960. The fraction of sp³-hybridized carbons (Fsp3) is 0.364. The first-order valence-corrected chi connectivity index (χ1v) is 5.80. The number of para-hydroxylation sites is 1. The van der Waals surface area contributed by atoms with Gasteiger partial charge in [-0.1, -0.05) is 12.1 Å².